The molecular formula is C19H17N3O3. The minimum absolute atomic E-state index is 0.0545. The Kier molecular flexibility index (Phi) is 3.65. The Labute approximate surface area is 144 Å². The van der Waals surface area contributed by atoms with E-state index in [2.05, 4.69) is 10.3 Å². The summed E-state index contributed by atoms with van der Waals surface area (Å²) in [4.78, 5) is 29.2. The number of nitrogens with zero attached hydrogens (tertiary/aromatic N) is 1. The smallest absolute Gasteiger partial charge is 0.265 e. The van der Waals surface area contributed by atoms with Gasteiger partial charge in [-0.15, -0.1) is 0 Å². The van der Waals surface area contributed by atoms with Crippen molar-refractivity contribution in [3.63, 3.8) is 0 Å². The Morgan fingerprint density at radius 3 is 3.00 bits per heavy atom. The van der Waals surface area contributed by atoms with Crippen molar-refractivity contribution in [3.8, 4) is 5.75 Å². The van der Waals surface area contributed by atoms with E-state index in [1.54, 1.807) is 6.07 Å². The summed E-state index contributed by atoms with van der Waals surface area (Å²) in [6.07, 6.45) is 1.85. The van der Waals surface area contributed by atoms with E-state index >= 15 is 0 Å². The molecular weight excluding hydrogens is 318 g/mol. The van der Waals surface area contributed by atoms with E-state index in [1.807, 2.05) is 49.5 Å². The fourth-order valence-electron chi connectivity index (χ4n) is 2.95. The molecule has 0 fully saturated rings. The summed E-state index contributed by atoms with van der Waals surface area (Å²) in [6.45, 7) is 1.84. The number of aryl methyl sites for hydroxylation is 1. The Bertz CT molecular complexity index is 977. The Balaban J connectivity index is 1.53. The van der Waals surface area contributed by atoms with Crippen LogP contribution in [0.3, 0.4) is 0 Å². The molecule has 126 valence electrons. The minimum Gasteiger partial charge on any atom is -0.482 e. The molecule has 0 unspecified atom stereocenters. The van der Waals surface area contributed by atoms with Gasteiger partial charge in [0.25, 0.3) is 5.91 Å². The van der Waals surface area contributed by atoms with Gasteiger partial charge in [0, 0.05) is 17.4 Å². The molecule has 0 saturated carbocycles. The van der Waals surface area contributed by atoms with Crippen LogP contribution in [-0.2, 0) is 9.59 Å². The summed E-state index contributed by atoms with van der Waals surface area (Å²) < 4.78 is 5.46. The number of carbonyl (C=O) groups is 2. The molecule has 2 aromatic carbocycles. The Morgan fingerprint density at radius 1 is 1.24 bits per heavy atom. The van der Waals surface area contributed by atoms with E-state index in [0.29, 0.717) is 17.1 Å². The molecule has 0 bridgehead atoms. The lowest BCUT2D eigenvalue weighted by Crippen LogP contribution is -2.43. The molecule has 0 aliphatic carbocycles. The number of ether oxygens (including phenoxy) is 1. The topological polar surface area (TPSA) is 74.4 Å². The Hall–Kier alpha value is -3.28. The van der Waals surface area contributed by atoms with Crippen molar-refractivity contribution in [1.82, 2.24) is 4.98 Å². The predicted molar refractivity (Wildman–Crippen MR) is 96.0 cm³/mol. The largest absolute Gasteiger partial charge is 0.482 e. The SMILES string of the molecule is Cc1ccc2c(c1)OCC(=O)N2CC(=O)Nc1ccc2cc[nH]c2c1. The molecule has 2 heterocycles. The number of H-pyrrole nitrogens is 1. The molecule has 0 atom stereocenters. The molecule has 6 heteroatoms. The van der Waals surface area contributed by atoms with Gasteiger partial charge in [-0.2, -0.15) is 0 Å². The number of carbonyl (C=O) groups excluding carboxylic acids is 2. The second-order valence-electron chi connectivity index (χ2n) is 6.07. The molecule has 25 heavy (non-hydrogen) atoms. The first kappa shape index (κ1) is 15.3. The van der Waals surface area contributed by atoms with Gasteiger partial charge in [0.2, 0.25) is 5.91 Å². The quantitative estimate of drug-likeness (QED) is 0.773. The number of aromatic nitrogens is 1. The van der Waals surface area contributed by atoms with Gasteiger partial charge in [-0.3, -0.25) is 14.5 Å². The van der Waals surface area contributed by atoms with Crippen molar-refractivity contribution >= 4 is 34.1 Å². The molecule has 4 rings (SSSR count). The van der Waals surface area contributed by atoms with Gasteiger partial charge in [-0.05, 0) is 48.2 Å². The first-order valence-corrected chi connectivity index (χ1v) is 8.01. The Morgan fingerprint density at radius 2 is 2.12 bits per heavy atom. The summed E-state index contributed by atoms with van der Waals surface area (Å²) >= 11 is 0. The van der Waals surface area contributed by atoms with E-state index in [4.69, 9.17) is 4.74 Å². The number of benzene rings is 2. The van der Waals surface area contributed by atoms with Crippen LogP contribution in [0.4, 0.5) is 11.4 Å². The van der Waals surface area contributed by atoms with Crippen LogP contribution in [0.15, 0.2) is 48.7 Å². The highest BCUT2D eigenvalue weighted by atomic mass is 16.5. The maximum absolute atomic E-state index is 12.4. The van der Waals surface area contributed by atoms with E-state index in [1.165, 1.54) is 4.90 Å². The molecule has 0 spiro atoms. The highest BCUT2D eigenvalue weighted by molar-refractivity contribution is 6.05. The lowest BCUT2D eigenvalue weighted by Gasteiger charge is -2.29. The van der Waals surface area contributed by atoms with Crippen molar-refractivity contribution in [3.05, 3.63) is 54.2 Å². The summed E-state index contributed by atoms with van der Waals surface area (Å²) in [7, 11) is 0. The van der Waals surface area contributed by atoms with E-state index in [9.17, 15) is 9.59 Å². The maximum Gasteiger partial charge on any atom is 0.265 e. The number of nitrogens with one attached hydrogen (secondary N) is 2. The van der Waals surface area contributed by atoms with Gasteiger partial charge in [-0.1, -0.05) is 12.1 Å². The molecule has 2 N–H and O–H groups in total. The van der Waals surface area contributed by atoms with Crippen molar-refractivity contribution in [1.29, 1.82) is 0 Å². The highest BCUT2D eigenvalue weighted by Gasteiger charge is 2.27. The number of hydrogen-bond acceptors (Lipinski definition) is 3. The predicted octanol–water partition coefficient (Wildman–Crippen LogP) is 2.84. The van der Waals surface area contributed by atoms with Gasteiger partial charge < -0.3 is 15.0 Å². The number of rotatable bonds is 3. The number of amides is 2. The molecule has 1 aliphatic rings. The number of hydrogen-bond donors (Lipinski definition) is 2. The molecule has 0 radical (unpaired) electrons. The van der Waals surface area contributed by atoms with Crippen LogP contribution in [0.5, 0.6) is 5.75 Å². The molecule has 1 aromatic heterocycles. The summed E-state index contributed by atoms with van der Waals surface area (Å²) in [5.74, 6) is 0.138. The summed E-state index contributed by atoms with van der Waals surface area (Å²) in [6, 6.07) is 13.2. The number of fused-ring (bicyclic) bond motifs is 2. The molecule has 6 nitrogen and oxygen atoms in total. The molecule has 2 amide bonds. The van der Waals surface area contributed by atoms with Crippen LogP contribution in [-0.4, -0.2) is 29.9 Å². The van der Waals surface area contributed by atoms with Crippen molar-refractivity contribution in [2.24, 2.45) is 0 Å². The van der Waals surface area contributed by atoms with E-state index in [0.717, 1.165) is 16.5 Å². The van der Waals surface area contributed by atoms with Crippen LogP contribution in [0.1, 0.15) is 5.56 Å². The monoisotopic (exact) mass is 335 g/mol. The maximum atomic E-state index is 12.4. The van der Waals surface area contributed by atoms with Crippen LogP contribution in [0.2, 0.25) is 0 Å². The van der Waals surface area contributed by atoms with Gasteiger partial charge in [0.1, 0.15) is 12.3 Å². The van der Waals surface area contributed by atoms with E-state index < -0.39 is 0 Å². The standard InChI is InChI=1S/C19H17N3O3/c1-12-2-5-16-17(8-12)25-11-19(24)22(16)10-18(23)21-14-4-3-13-6-7-20-15(13)9-14/h2-9,20H,10-11H2,1H3,(H,21,23). The van der Waals surface area contributed by atoms with Crippen LogP contribution >= 0.6 is 0 Å². The fraction of sp³-hybridized carbons (Fsp3) is 0.158. The zero-order chi connectivity index (χ0) is 17.4. The van der Waals surface area contributed by atoms with Crippen LogP contribution < -0.4 is 15.0 Å². The third kappa shape index (κ3) is 2.94. The average molecular weight is 335 g/mol. The number of aromatic amines is 1. The average Bonchev–Trinajstić information content (AvgIpc) is 3.05. The minimum atomic E-state index is -0.257. The zero-order valence-corrected chi connectivity index (χ0v) is 13.7. The van der Waals surface area contributed by atoms with E-state index in [-0.39, 0.29) is 25.0 Å². The van der Waals surface area contributed by atoms with Crippen LogP contribution in [0.25, 0.3) is 10.9 Å². The lowest BCUT2D eigenvalue weighted by atomic mass is 10.1. The third-order valence-electron chi connectivity index (χ3n) is 4.20. The molecule has 0 saturated heterocycles. The zero-order valence-electron chi connectivity index (χ0n) is 13.7. The van der Waals surface area contributed by atoms with Crippen molar-refractivity contribution in [2.75, 3.05) is 23.4 Å². The van der Waals surface area contributed by atoms with Crippen molar-refractivity contribution < 1.29 is 14.3 Å². The summed E-state index contributed by atoms with van der Waals surface area (Å²) in [5.41, 5.74) is 3.29. The lowest BCUT2D eigenvalue weighted by molar-refractivity contribution is -0.123. The highest BCUT2D eigenvalue weighted by Crippen LogP contribution is 2.32. The van der Waals surface area contributed by atoms with Crippen LogP contribution in [0, 0.1) is 6.92 Å². The summed E-state index contributed by atoms with van der Waals surface area (Å²) in [5, 5.41) is 3.91. The van der Waals surface area contributed by atoms with Gasteiger partial charge in [0.15, 0.2) is 6.61 Å². The molecule has 3 aromatic rings. The first-order chi connectivity index (χ1) is 12.1. The second kappa shape index (κ2) is 5.98. The number of anilines is 2. The van der Waals surface area contributed by atoms with Gasteiger partial charge in [0.05, 0.1) is 5.69 Å². The van der Waals surface area contributed by atoms with Gasteiger partial charge >= 0.3 is 0 Å². The molecule has 1 aliphatic heterocycles. The first-order valence-electron chi connectivity index (χ1n) is 8.01. The second-order valence-corrected chi connectivity index (χ2v) is 6.07. The van der Waals surface area contributed by atoms with Gasteiger partial charge in [-0.25, -0.2) is 0 Å². The normalized spacial score (nSPS) is 13.5. The van der Waals surface area contributed by atoms with Crippen molar-refractivity contribution in [2.45, 2.75) is 6.92 Å². The third-order valence-corrected chi connectivity index (χ3v) is 4.20. The fourth-order valence-corrected chi connectivity index (χ4v) is 2.95.